The van der Waals surface area contributed by atoms with Gasteiger partial charge in [-0.15, -0.1) is 11.3 Å². The van der Waals surface area contributed by atoms with E-state index in [0.717, 1.165) is 30.6 Å². The van der Waals surface area contributed by atoms with Gasteiger partial charge in [0.25, 0.3) is 5.91 Å². The number of aryl methyl sites for hydroxylation is 3. The number of carbonyl (C=O) groups excluding carboxylic acids is 1. The molecule has 0 aliphatic carbocycles. The lowest BCUT2D eigenvalue weighted by atomic mass is 10.1. The summed E-state index contributed by atoms with van der Waals surface area (Å²) in [6.45, 7) is 5.96. The second-order valence-corrected chi connectivity index (χ2v) is 7.72. The normalized spacial score (nSPS) is 10.6. The lowest BCUT2D eigenvalue weighted by molar-refractivity contribution is 0.103. The summed E-state index contributed by atoms with van der Waals surface area (Å²) >= 11 is 8.35. The van der Waals surface area contributed by atoms with Gasteiger partial charge in [-0.1, -0.05) is 15.9 Å². The van der Waals surface area contributed by atoms with Crippen molar-refractivity contribution in [3.05, 3.63) is 48.0 Å². The molecule has 0 aliphatic heterocycles. The summed E-state index contributed by atoms with van der Waals surface area (Å²) in [6, 6.07) is 5.89. The van der Waals surface area contributed by atoms with Crippen molar-refractivity contribution < 1.29 is 4.79 Å². The van der Waals surface area contributed by atoms with Crippen molar-refractivity contribution in [1.82, 2.24) is 0 Å². The molecule has 0 spiro atoms. The summed E-state index contributed by atoms with van der Waals surface area (Å²) in [5, 5.41) is 2.99. The highest BCUT2D eigenvalue weighted by molar-refractivity contribution is 9.11. The summed E-state index contributed by atoms with van der Waals surface area (Å²) in [4.78, 5) is 12.9. The quantitative estimate of drug-likeness (QED) is 0.710. The summed E-state index contributed by atoms with van der Waals surface area (Å²) in [5.74, 6) is -0.0627. The van der Waals surface area contributed by atoms with Crippen LogP contribution in [-0.2, 0) is 0 Å². The molecule has 0 fully saturated rings. The van der Waals surface area contributed by atoms with Gasteiger partial charge >= 0.3 is 0 Å². The van der Waals surface area contributed by atoms with E-state index < -0.39 is 0 Å². The number of hydrogen-bond donors (Lipinski definition) is 1. The van der Waals surface area contributed by atoms with Crippen LogP contribution in [0.15, 0.2) is 26.5 Å². The summed E-state index contributed by atoms with van der Waals surface area (Å²) in [6.07, 6.45) is 0. The first kappa shape index (κ1) is 14.8. The topological polar surface area (TPSA) is 29.1 Å². The molecular weight excluding hydrogens is 390 g/mol. The first-order valence-electron chi connectivity index (χ1n) is 5.72. The van der Waals surface area contributed by atoms with Gasteiger partial charge in [0, 0.05) is 10.2 Å². The molecule has 0 unspecified atom stereocenters. The molecule has 19 heavy (non-hydrogen) atoms. The van der Waals surface area contributed by atoms with Gasteiger partial charge in [-0.3, -0.25) is 4.79 Å². The van der Waals surface area contributed by atoms with Gasteiger partial charge in [0.05, 0.1) is 8.66 Å². The molecule has 1 aromatic heterocycles. The zero-order valence-corrected chi connectivity index (χ0v) is 14.8. The molecule has 1 aromatic carbocycles. The average Bonchev–Trinajstić information content (AvgIpc) is 2.64. The molecular formula is C14H13Br2NOS. The van der Waals surface area contributed by atoms with E-state index in [1.54, 1.807) is 0 Å². The Balaban J connectivity index is 2.29. The minimum absolute atomic E-state index is 0.0627. The van der Waals surface area contributed by atoms with Crippen molar-refractivity contribution in [3.63, 3.8) is 0 Å². The molecule has 1 heterocycles. The van der Waals surface area contributed by atoms with E-state index in [1.807, 2.05) is 39.0 Å². The Hall–Kier alpha value is -0.650. The highest BCUT2D eigenvalue weighted by Gasteiger charge is 2.14. The van der Waals surface area contributed by atoms with Crippen LogP contribution in [0.25, 0.3) is 0 Å². The van der Waals surface area contributed by atoms with Gasteiger partial charge in [-0.05, 0) is 71.6 Å². The number of carbonyl (C=O) groups is 1. The number of benzene rings is 1. The van der Waals surface area contributed by atoms with E-state index in [9.17, 15) is 4.79 Å². The number of anilines is 1. The highest BCUT2D eigenvalue weighted by atomic mass is 79.9. The lowest BCUT2D eigenvalue weighted by Gasteiger charge is -2.11. The van der Waals surface area contributed by atoms with Crippen LogP contribution in [0, 0.1) is 20.8 Å². The minimum Gasteiger partial charge on any atom is -0.321 e. The molecule has 0 bridgehead atoms. The zero-order chi connectivity index (χ0) is 14.2. The predicted molar refractivity (Wildman–Crippen MR) is 88.3 cm³/mol. The lowest BCUT2D eigenvalue weighted by Crippen LogP contribution is -2.12. The Morgan fingerprint density at radius 3 is 2.11 bits per heavy atom. The Kier molecular flexibility index (Phi) is 4.48. The van der Waals surface area contributed by atoms with Crippen molar-refractivity contribution in [2.75, 3.05) is 5.32 Å². The number of rotatable bonds is 2. The minimum atomic E-state index is -0.0627. The van der Waals surface area contributed by atoms with Crippen molar-refractivity contribution in [3.8, 4) is 0 Å². The Morgan fingerprint density at radius 2 is 1.63 bits per heavy atom. The summed E-state index contributed by atoms with van der Waals surface area (Å²) in [7, 11) is 0. The monoisotopic (exact) mass is 401 g/mol. The molecule has 0 saturated carbocycles. The van der Waals surface area contributed by atoms with Crippen molar-refractivity contribution in [2.45, 2.75) is 20.8 Å². The third-order valence-corrected chi connectivity index (χ3v) is 5.41. The molecule has 0 aliphatic rings. The zero-order valence-electron chi connectivity index (χ0n) is 10.8. The fourth-order valence-corrected chi connectivity index (χ4v) is 3.97. The Labute approximate surface area is 133 Å². The van der Waals surface area contributed by atoms with E-state index in [1.165, 1.54) is 11.3 Å². The van der Waals surface area contributed by atoms with Gasteiger partial charge < -0.3 is 5.32 Å². The van der Waals surface area contributed by atoms with Gasteiger partial charge in [0.15, 0.2) is 0 Å². The molecule has 100 valence electrons. The standard InChI is InChI=1S/C14H13Br2NOS/c1-7-4-10(15)5-8(2)12(7)17-14(18)11-6-9(3)13(16)19-11/h4-6H,1-3H3,(H,17,18). The summed E-state index contributed by atoms with van der Waals surface area (Å²) < 4.78 is 2.03. The van der Waals surface area contributed by atoms with Crippen molar-refractivity contribution in [2.24, 2.45) is 0 Å². The smallest absolute Gasteiger partial charge is 0.265 e. The van der Waals surface area contributed by atoms with Crippen LogP contribution >= 0.6 is 43.2 Å². The maximum absolute atomic E-state index is 12.2. The summed E-state index contributed by atoms with van der Waals surface area (Å²) in [5.41, 5.74) is 4.06. The number of nitrogens with one attached hydrogen (secondary N) is 1. The second-order valence-electron chi connectivity index (χ2n) is 4.44. The van der Waals surface area contributed by atoms with Crippen molar-refractivity contribution >= 4 is 54.8 Å². The molecule has 0 atom stereocenters. The van der Waals surface area contributed by atoms with Gasteiger partial charge in [0.2, 0.25) is 0 Å². The van der Waals surface area contributed by atoms with E-state index in [-0.39, 0.29) is 5.91 Å². The van der Waals surface area contributed by atoms with Gasteiger partial charge in [0.1, 0.15) is 0 Å². The van der Waals surface area contributed by atoms with E-state index in [2.05, 4.69) is 37.2 Å². The predicted octanol–water partition coefficient (Wildman–Crippen LogP) is 5.45. The van der Waals surface area contributed by atoms with Crippen LogP contribution in [0.1, 0.15) is 26.4 Å². The maximum atomic E-state index is 12.2. The number of thiophene rings is 1. The van der Waals surface area contributed by atoms with Crippen LogP contribution in [0.3, 0.4) is 0 Å². The Bertz CT molecular complexity index is 606. The molecule has 1 N–H and O–H groups in total. The fraction of sp³-hybridized carbons (Fsp3) is 0.214. The van der Waals surface area contributed by atoms with Crippen LogP contribution < -0.4 is 5.32 Å². The molecule has 2 rings (SSSR count). The number of hydrogen-bond acceptors (Lipinski definition) is 2. The maximum Gasteiger partial charge on any atom is 0.265 e. The molecule has 2 nitrogen and oxygen atoms in total. The molecule has 0 saturated heterocycles. The van der Waals surface area contributed by atoms with Crippen LogP contribution in [0.5, 0.6) is 0 Å². The number of halogens is 2. The molecule has 0 radical (unpaired) electrons. The van der Waals surface area contributed by atoms with E-state index in [0.29, 0.717) is 4.88 Å². The highest BCUT2D eigenvalue weighted by Crippen LogP contribution is 2.29. The van der Waals surface area contributed by atoms with E-state index in [4.69, 9.17) is 0 Å². The first-order valence-corrected chi connectivity index (χ1v) is 8.12. The SMILES string of the molecule is Cc1cc(C(=O)Nc2c(C)cc(Br)cc2C)sc1Br. The van der Waals surface area contributed by atoms with E-state index >= 15 is 0 Å². The van der Waals surface area contributed by atoms with Gasteiger partial charge in [-0.2, -0.15) is 0 Å². The third kappa shape index (κ3) is 3.27. The Morgan fingerprint density at radius 1 is 1.05 bits per heavy atom. The molecule has 1 amide bonds. The fourth-order valence-electron chi connectivity index (χ4n) is 1.85. The third-order valence-electron chi connectivity index (χ3n) is 2.82. The van der Waals surface area contributed by atoms with Crippen LogP contribution in [0.4, 0.5) is 5.69 Å². The van der Waals surface area contributed by atoms with Crippen LogP contribution in [0.2, 0.25) is 0 Å². The average molecular weight is 403 g/mol. The van der Waals surface area contributed by atoms with Crippen molar-refractivity contribution in [1.29, 1.82) is 0 Å². The second kappa shape index (κ2) is 5.77. The number of amides is 1. The van der Waals surface area contributed by atoms with Gasteiger partial charge in [-0.25, -0.2) is 0 Å². The van der Waals surface area contributed by atoms with Crippen LogP contribution in [-0.4, -0.2) is 5.91 Å². The molecule has 2 aromatic rings. The largest absolute Gasteiger partial charge is 0.321 e. The first-order chi connectivity index (χ1) is 8.88. The molecule has 5 heteroatoms.